The summed E-state index contributed by atoms with van der Waals surface area (Å²) in [4.78, 5) is 11.5. The Balaban J connectivity index is 1.71. The van der Waals surface area contributed by atoms with Crippen LogP contribution in [0.2, 0.25) is 0 Å². The Morgan fingerprint density at radius 3 is 2.71 bits per heavy atom. The number of ether oxygens (including phenoxy) is 1. The first kappa shape index (κ1) is 15.9. The number of nitrogens with one attached hydrogen (secondary N) is 1. The SMILES string of the molecule is CC(C)C(=O)NCCOc1ccc2nnc(-c3ccccc3)n2n1. The molecule has 0 atom stereocenters. The smallest absolute Gasteiger partial charge is 0.231 e. The van der Waals surface area contributed by atoms with Gasteiger partial charge in [-0.1, -0.05) is 44.2 Å². The molecule has 0 saturated heterocycles. The molecule has 7 nitrogen and oxygen atoms in total. The fraction of sp³-hybridized carbons (Fsp3) is 0.294. The van der Waals surface area contributed by atoms with Crippen molar-refractivity contribution in [1.82, 2.24) is 25.1 Å². The van der Waals surface area contributed by atoms with Crippen molar-refractivity contribution in [3.05, 3.63) is 42.5 Å². The Morgan fingerprint density at radius 1 is 1.17 bits per heavy atom. The summed E-state index contributed by atoms with van der Waals surface area (Å²) in [5.41, 5.74) is 1.58. The Morgan fingerprint density at radius 2 is 1.96 bits per heavy atom. The van der Waals surface area contributed by atoms with Gasteiger partial charge in [-0.3, -0.25) is 4.79 Å². The van der Waals surface area contributed by atoms with Crippen LogP contribution in [0.1, 0.15) is 13.8 Å². The number of hydrogen-bond acceptors (Lipinski definition) is 5. The van der Waals surface area contributed by atoms with Crippen molar-refractivity contribution < 1.29 is 9.53 Å². The highest BCUT2D eigenvalue weighted by Gasteiger charge is 2.10. The minimum atomic E-state index is -0.0371. The zero-order valence-electron chi connectivity index (χ0n) is 13.6. The van der Waals surface area contributed by atoms with Crippen LogP contribution in [0.25, 0.3) is 17.0 Å². The van der Waals surface area contributed by atoms with Crippen LogP contribution >= 0.6 is 0 Å². The van der Waals surface area contributed by atoms with Gasteiger partial charge in [0.05, 0.1) is 6.54 Å². The number of benzene rings is 1. The van der Waals surface area contributed by atoms with E-state index in [9.17, 15) is 4.79 Å². The third-order valence-electron chi connectivity index (χ3n) is 3.45. The Bertz CT molecular complexity index is 829. The monoisotopic (exact) mass is 325 g/mol. The molecule has 0 aliphatic heterocycles. The quantitative estimate of drug-likeness (QED) is 0.701. The average Bonchev–Trinajstić information content (AvgIpc) is 3.02. The number of carbonyl (C=O) groups excluding carboxylic acids is 1. The lowest BCUT2D eigenvalue weighted by molar-refractivity contribution is -0.124. The van der Waals surface area contributed by atoms with Crippen LogP contribution in [0.4, 0.5) is 0 Å². The van der Waals surface area contributed by atoms with Crippen LogP contribution in [0.3, 0.4) is 0 Å². The van der Waals surface area contributed by atoms with Crippen molar-refractivity contribution in [1.29, 1.82) is 0 Å². The molecule has 3 aromatic rings. The minimum absolute atomic E-state index is 0.00665. The average molecular weight is 325 g/mol. The van der Waals surface area contributed by atoms with Gasteiger partial charge in [-0.05, 0) is 6.07 Å². The van der Waals surface area contributed by atoms with Gasteiger partial charge in [0.25, 0.3) is 0 Å². The van der Waals surface area contributed by atoms with Gasteiger partial charge in [0, 0.05) is 17.5 Å². The highest BCUT2D eigenvalue weighted by Crippen LogP contribution is 2.18. The van der Waals surface area contributed by atoms with Crippen LogP contribution < -0.4 is 10.1 Å². The third-order valence-corrected chi connectivity index (χ3v) is 3.45. The lowest BCUT2D eigenvalue weighted by Gasteiger charge is -2.09. The Labute approximate surface area is 139 Å². The molecular weight excluding hydrogens is 306 g/mol. The molecule has 7 heteroatoms. The molecule has 1 N–H and O–H groups in total. The van der Waals surface area contributed by atoms with E-state index >= 15 is 0 Å². The van der Waals surface area contributed by atoms with Crippen molar-refractivity contribution >= 4 is 11.6 Å². The molecule has 2 heterocycles. The summed E-state index contributed by atoms with van der Waals surface area (Å²) < 4.78 is 7.25. The fourth-order valence-corrected chi connectivity index (χ4v) is 2.15. The zero-order valence-corrected chi connectivity index (χ0v) is 13.6. The molecule has 1 aromatic carbocycles. The molecular formula is C17H19N5O2. The van der Waals surface area contributed by atoms with E-state index in [1.54, 1.807) is 16.6 Å². The first-order valence-corrected chi connectivity index (χ1v) is 7.83. The van der Waals surface area contributed by atoms with Gasteiger partial charge in [0.2, 0.25) is 11.8 Å². The molecule has 0 saturated carbocycles. The Kier molecular flexibility index (Phi) is 4.69. The molecule has 0 radical (unpaired) electrons. The maximum absolute atomic E-state index is 11.5. The molecule has 0 aliphatic rings. The predicted molar refractivity (Wildman–Crippen MR) is 89.6 cm³/mol. The Hall–Kier alpha value is -2.96. The van der Waals surface area contributed by atoms with E-state index < -0.39 is 0 Å². The van der Waals surface area contributed by atoms with Crippen LogP contribution in [0, 0.1) is 5.92 Å². The van der Waals surface area contributed by atoms with Gasteiger partial charge < -0.3 is 10.1 Å². The number of aromatic nitrogens is 4. The minimum Gasteiger partial charge on any atom is -0.475 e. The van der Waals surface area contributed by atoms with Gasteiger partial charge >= 0.3 is 0 Å². The van der Waals surface area contributed by atoms with Crippen LogP contribution in [-0.2, 0) is 4.79 Å². The van der Waals surface area contributed by atoms with Gasteiger partial charge in [0.1, 0.15) is 6.61 Å². The van der Waals surface area contributed by atoms with E-state index in [0.29, 0.717) is 30.5 Å². The highest BCUT2D eigenvalue weighted by atomic mass is 16.5. The number of hydrogen-bond donors (Lipinski definition) is 1. The standard InChI is InChI=1S/C17H19N5O2/c1-12(2)17(23)18-10-11-24-15-9-8-14-19-20-16(22(14)21-15)13-6-4-3-5-7-13/h3-9,12H,10-11H2,1-2H3,(H,18,23). The van der Waals surface area contributed by atoms with E-state index in [1.807, 2.05) is 44.2 Å². The van der Waals surface area contributed by atoms with Crippen LogP contribution in [0.15, 0.2) is 42.5 Å². The largest absolute Gasteiger partial charge is 0.475 e. The zero-order chi connectivity index (χ0) is 16.9. The number of amides is 1. The van der Waals surface area contributed by atoms with Gasteiger partial charge in [-0.25, -0.2) is 0 Å². The van der Waals surface area contributed by atoms with Gasteiger partial charge in [-0.15, -0.1) is 15.3 Å². The molecule has 0 unspecified atom stereocenters. The first-order chi connectivity index (χ1) is 11.6. The summed E-state index contributed by atoms with van der Waals surface area (Å²) in [6, 6.07) is 13.3. The normalized spacial score (nSPS) is 11.0. The van der Waals surface area contributed by atoms with Gasteiger partial charge in [0.15, 0.2) is 11.5 Å². The summed E-state index contributed by atoms with van der Waals surface area (Å²) >= 11 is 0. The molecule has 0 spiro atoms. The first-order valence-electron chi connectivity index (χ1n) is 7.83. The second-order valence-corrected chi connectivity index (χ2v) is 5.63. The molecule has 24 heavy (non-hydrogen) atoms. The van der Waals surface area contributed by atoms with Crippen molar-refractivity contribution in [2.24, 2.45) is 5.92 Å². The summed E-state index contributed by atoms with van der Waals surface area (Å²) in [6.45, 7) is 4.48. The fourth-order valence-electron chi connectivity index (χ4n) is 2.15. The van der Waals surface area contributed by atoms with Gasteiger partial charge in [-0.2, -0.15) is 4.52 Å². The van der Waals surface area contributed by atoms with Crippen LogP contribution in [-0.4, -0.2) is 38.9 Å². The van der Waals surface area contributed by atoms with Crippen LogP contribution in [0.5, 0.6) is 5.88 Å². The molecule has 3 rings (SSSR count). The molecule has 1 amide bonds. The summed E-state index contributed by atoms with van der Waals surface area (Å²) in [5, 5.41) is 15.5. The van der Waals surface area contributed by atoms with E-state index in [4.69, 9.17) is 4.74 Å². The lowest BCUT2D eigenvalue weighted by atomic mass is 10.2. The van der Waals surface area contributed by atoms with E-state index in [2.05, 4.69) is 20.6 Å². The summed E-state index contributed by atoms with van der Waals surface area (Å²) in [6.07, 6.45) is 0. The van der Waals surface area contributed by atoms with Crippen molar-refractivity contribution in [2.45, 2.75) is 13.8 Å². The maximum atomic E-state index is 11.5. The molecule has 0 fully saturated rings. The molecule has 0 bridgehead atoms. The second-order valence-electron chi connectivity index (χ2n) is 5.63. The van der Waals surface area contributed by atoms with E-state index in [1.165, 1.54) is 0 Å². The number of fused-ring (bicyclic) bond motifs is 1. The third kappa shape index (κ3) is 3.51. The van der Waals surface area contributed by atoms with Crippen molar-refractivity contribution in [2.75, 3.05) is 13.2 Å². The molecule has 0 aliphatic carbocycles. The topological polar surface area (TPSA) is 81.4 Å². The molecule has 124 valence electrons. The summed E-state index contributed by atoms with van der Waals surface area (Å²) in [5.74, 6) is 1.08. The van der Waals surface area contributed by atoms with Crippen molar-refractivity contribution in [3.63, 3.8) is 0 Å². The van der Waals surface area contributed by atoms with E-state index in [0.717, 1.165) is 5.56 Å². The number of nitrogens with zero attached hydrogens (tertiary/aromatic N) is 4. The van der Waals surface area contributed by atoms with Crippen molar-refractivity contribution in [3.8, 4) is 17.3 Å². The second kappa shape index (κ2) is 7.08. The van der Waals surface area contributed by atoms with E-state index in [-0.39, 0.29) is 11.8 Å². The number of carbonyl (C=O) groups is 1. The summed E-state index contributed by atoms with van der Waals surface area (Å²) in [7, 11) is 0. The molecule has 2 aromatic heterocycles. The predicted octanol–water partition coefficient (Wildman–Crippen LogP) is 1.94. The highest BCUT2D eigenvalue weighted by molar-refractivity contribution is 5.77. The maximum Gasteiger partial charge on any atom is 0.231 e. The number of rotatable bonds is 6. The lowest BCUT2D eigenvalue weighted by Crippen LogP contribution is -2.31.